The first-order valence-electron chi connectivity index (χ1n) is 8.67. The number of rotatable bonds is 2. The Balaban J connectivity index is 1.72. The molecule has 1 unspecified atom stereocenters. The second-order valence-corrected chi connectivity index (χ2v) is 6.76. The van der Waals surface area contributed by atoms with Crippen molar-refractivity contribution < 1.29 is 9.53 Å². The number of para-hydroxylation sites is 1. The van der Waals surface area contributed by atoms with Gasteiger partial charge in [0.05, 0.1) is 24.4 Å². The molecule has 1 aliphatic heterocycles. The van der Waals surface area contributed by atoms with Crippen molar-refractivity contribution in [3.63, 3.8) is 0 Å². The Morgan fingerprint density at radius 3 is 3.04 bits per heavy atom. The minimum atomic E-state index is -0.288. The molecule has 0 radical (unpaired) electrons. The lowest BCUT2D eigenvalue weighted by molar-refractivity contribution is 0.0859. The van der Waals surface area contributed by atoms with Crippen molar-refractivity contribution in [3.05, 3.63) is 35.0 Å². The molecule has 2 aromatic rings. The van der Waals surface area contributed by atoms with Crippen molar-refractivity contribution in [2.45, 2.75) is 37.6 Å². The number of nitrogens with one attached hydrogen (secondary N) is 1. The van der Waals surface area contributed by atoms with Crippen LogP contribution in [0.5, 0.6) is 5.75 Å². The SMILES string of the molecule is COc1cccc2c1NCCC2C(=O)n1nc2c(c1N)C[C@H](N)CC2. The van der Waals surface area contributed by atoms with E-state index in [-0.39, 0.29) is 17.9 Å². The van der Waals surface area contributed by atoms with E-state index in [0.29, 0.717) is 25.2 Å². The van der Waals surface area contributed by atoms with Crippen molar-refractivity contribution in [2.75, 3.05) is 24.7 Å². The summed E-state index contributed by atoms with van der Waals surface area (Å²) in [5, 5.41) is 7.84. The number of ether oxygens (including phenoxy) is 1. The third-order valence-corrected chi connectivity index (χ3v) is 5.22. The van der Waals surface area contributed by atoms with E-state index in [1.54, 1.807) is 7.11 Å². The van der Waals surface area contributed by atoms with E-state index in [4.69, 9.17) is 16.2 Å². The maximum Gasteiger partial charge on any atom is 0.256 e. The molecule has 0 amide bonds. The molecule has 7 nitrogen and oxygen atoms in total. The average Bonchev–Trinajstić information content (AvgIpc) is 2.96. The van der Waals surface area contributed by atoms with Gasteiger partial charge in [0.15, 0.2) is 0 Å². The maximum absolute atomic E-state index is 13.2. The topological polar surface area (TPSA) is 108 Å². The number of fused-ring (bicyclic) bond motifs is 2. The number of methoxy groups -OCH3 is 1. The van der Waals surface area contributed by atoms with E-state index < -0.39 is 0 Å². The number of aromatic nitrogens is 2. The van der Waals surface area contributed by atoms with E-state index in [9.17, 15) is 4.79 Å². The van der Waals surface area contributed by atoms with Crippen molar-refractivity contribution in [3.8, 4) is 5.75 Å². The van der Waals surface area contributed by atoms with Crippen molar-refractivity contribution >= 4 is 17.4 Å². The first-order chi connectivity index (χ1) is 12.1. The summed E-state index contributed by atoms with van der Waals surface area (Å²) < 4.78 is 6.80. The molecule has 25 heavy (non-hydrogen) atoms. The van der Waals surface area contributed by atoms with Crippen LogP contribution in [0, 0.1) is 0 Å². The predicted octanol–water partition coefficient (Wildman–Crippen LogP) is 1.53. The Kier molecular flexibility index (Phi) is 3.88. The number of benzene rings is 1. The van der Waals surface area contributed by atoms with Crippen LogP contribution in [0.3, 0.4) is 0 Å². The van der Waals surface area contributed by atoms with Gasteiger partial charge in [-0.15, -0.1) is 0 Å². The molecule has 1 aliphatic carbocycles. The van der Waals surface area contributed by atoms with Gasteiger partial charge in [0.1, 0.15) is 11.6 Å². The van der Waals surface area contributed by atoms with Crippen LogP contribution in [-0.2, 0) is 12.8 Å². The molecule has 7 heteroatoms. The number of nitrogens with two attached hydrogens (primary N) is 2. The average molecular weight is 341 g/mol. The van der Waals surface area contributed by atoms with E-state index in [2.05, 4.69) is 10.4 Å². The Morgan fingerprint density at radius 2 is 2.24 bits per heavy atom. The summed E-state index contributed by atoms with van der Waals surface area (Å²) in [5.74, 6) is 0.812. The van der Waals surface area contributed by atoms with Gasteiger partial charge in [-0.2, -0.15) is 9.78 Å². The van der Waals surface area contributed by atoms with Crippen LogP contribution in [0.4, 0.5) is 11.5 Å². The second kappa shape index (κ2) is 6.07. The van der Waals surface area contributed by atoms with Crippen LogP contribution >= 0.6 is 0 Å². The number of aryl methyl sites for hydroxylation is 1. The standard InChI is InChI=1S/C18H23N5O2/c1-25-15-4-2-3-11-12(7-8-21-16(11)15)18(24)23-17(20)13-9-10(19)5-6-14(13)22-23/h2-4,10,12,21H,5-9,19-20H2,1H3/t10-,12?/m1/s1. The van der Waals surface area contributed by atoms with Gasteiger partial charge < -0.3 is 21.5 Å². The number of carbonyl (C=O) groups is 1. The van der Waals surface area contributed by atoms with Crippen LogP contribution in [0.1, 0.15) is 40.4 Å². The second-order valence-electron chi connectivity index (χ2n) is 6.76. The van der Waals surface area contributed by atoms with Crippen LogP contribution in [0.25, 0.3) is 0 Å². The highest BCUT2D eigenvalue weighted by Crippen LogP contribution is 2.39. The summed E-state index contributed by atoms with van der Waals surface area (Å²) in [6.45, 7) is 0.704. The van der Waals surface area contributed by atoms with E-state index in [1.165, 1.54) is 4.68 Å². The Bertz CT molecular complexity index is 829. The molecule has 2 atom stereocenters. The number of nitrogen functional groups attached to an aromatic ring is 1. The molecule has 0 spiro atoms. The van der Waals surface area contributed by atoms with E-state index in [0.717, 1.165) is 41.1 Å². The molecule has 2 aliphatic rings. The first-order valence-corrected chi connectivity index (χ1v) is 8.67. The molecule has 4 rings (SSSR count). The van der Waals surface area contributed by atoms with Crippen molar-refractivity contribution in [1.82, 2.24) is 9.78 Å². The number of carbonyl (C=O) groups excluding carboxylic acids is 1. The molecule has 132 valence electrons. The third-order valence-electron chi connectivity index (χ3n) is 5.22. The summed E-state index contributed by atoms with van der Waals surface area (Å²) >= 11 is 0. The molecule has 0 saturated heterocycles. The zero-order valence-electron chi connectivity index (χ0n) is 14.3. The van der Waals surface area contributed by atoms with Gasteiger partial charge in [-0.1, -0.05) is 12.1 Å². The Hall–Kier alpha value is -2.54. The molecule has 1 aromatic carbocycles. The van der Waals surface area contributed by atoms with E-state index in [1.807, 2.05) is 18.2 Å². The lowest BCUT2D eigenvalue weighted by Gasteiger charge is -2.27. The van der Waals surface area contributed by atoms with Gasteiger partial charge in [-0.05, 0) is 37.3 Å². The van der Waals surface area contributed by atoms with Crippen LogP contribution in [0.2, 0.25) is 0 Å². The van der Waals surface area contributed by atoms with Crippen molar-refractivity contribution in [1.29, 1.82) is 0 Å². The van der Waals surface area contributed by atoms with Gasteiger partial charge in [0, 0.05) is 18.2 Å². The van der Waals surface area contributed by atoms with Gasteiger partial charge in [0.2, 0.25) is 0 Å². The summed E-state index contributed by atoms with van der Waals surface area (Å²) in [5.41, 5.74) is 16.0. The Morgan fingerprint density at radius 1 is 1.40 bits per heavy atom. The maximum atomic E-state index is 13.2. The number of hydrogen-bond donors (Lipinski definition) is 3. The molecule has 0 fully saturated rings. The Labute approximate surface area is 146 Å². The summed E-state index contributed by atoms with van der Waals surface area (Å²) in [6.07, 6.45) is 3.04. The highest BCUT2D eigenvalue weighted by molar-refractivity contribution is 5.91. The minimum Gasteiger partial charge on any atom is -0.495 e. The van der Waals surface area contributed by atoms with E-state index >= 15 is 0 Å². The lowest BCUT2D eigenvalue weighted by Crippen LogP contribution is -2.29. The largest absolute Gasteiger partial charge is 0.495 e. The fourth-order valence-electron chi connectivity index (χ4n) is 3.89. The fraction of sp³-hybridized carbons (Fsp3) is 0.444. The van der Waals surface area contributed by atoms with Gasteiger partial charge in [0.25, 0.3) is 5.91 Å². The zero-order valence-corrected chi connectivity index (χ0v) is 14.3. The molecule has 5 N–H and O–H groups in total. The van der Waals surface area contributed by atoms with Crippen LogP contribution in [0.15, 0.2) is 18.2 Å². The number of anilines is 2. The number of hydrogen-bond acceptors (Lipinski definition) is 6. The van der Waals surface area contributed by atoms with Crippen LogP contribution < -0.4 is 21.5 Å². The fourth-order valence-corrected chi connectivity index (χ4v) is 3.89. The van der Waals surface area contributed by atoms with Crippen molar-refractivity contribution in [2.24, 2.45) is 5.73 Å². The molecule has 1 aromatic heterocycles. The highest BCUT2D eigenvalue weighted by Gasteiger charge is 2.33. The minimum absolute atomic E-state index is 0.0866. The van der Waals surface area contributed by atoms with Gasteiger partial charge in [-0.3, -0.25) is 4.79 Å². The van der Waals surface area contributed by atoms with Crippen LogP contribution in [-0.4, -0.2) is 35.4 Å². The highest BCUT2D eigenvalue weighted by atomic mass is 16.5. The first kappa shape index (κ1) is 16.0. The van der Waals surface area contributed by atoms with Gasteiger partial charge >= 0.3 is 0 Å². The summed E-state index contributed by atoms with van der Waals surface area (Å²) in [7, 11) is 1.63. The third kappa shape index (κ3) is 2.55. The molecule has 0 bridgehead atoms. The summed E-state index contributed by atoms with van der Waals surface area (Å²) in [4.78, 5) is 13.2. The molecular formula is C18H23N5O2. The molecular weight excluding hydrogens is 318 g/mol. The number of nitrogens with zero attached hydrogens (tertiary/aromatic N) is 2. The zero-order chi connectivity index (χ0) is 17.6. The normalized spacial score (nSPS) is 21.8. The quantitative estimate of drug-likeness (QED) is 0.764. The smallest absolute Gasteiger partial charge is 0.256 e. The lowest BCUT2D eigenvalue weighted by atomic mass is 9.89. The molecule has 2 heterocycles. The molecule has 0 saturated carbocycles. The monoisotopic (exact) mass is 341 g/mol. The summed E-state index contributed by atoms with van der Waals surface area (Å²) in [6, 6.07) is 5.84. The van der Waals surface area contributed by atoms with Gasteiger partial charge in [-0.25, -0.2) is 0 Å². The predicted molar refractivity (Wildman–Crippen MR) is 96.1 cm³/mol.